The molecule has 31 heavy (non-hydrogen) atoms. The summed E-state index contributed by atoms with van der Waals surface area (Å²) in [6.07, 6.45) is -4.46. The van der Waals surface area contributed by atoms with Gasteiger partial charge in [0, 0.05) is 11.3 Å². The molecular formula is C19H16F3N9. The largest absolute Gasteiger partial charge is 0.416 e. The first kappa shape index (κ1) is 20.2. The zero-order valence-electron chi connectivity index (χ0n) is 16.2. The third kappa shape index (κ3) is 4.74. The second-order valence-corrected chi connectivity index (χ2v) is 6.60. The number of aryl methyl sites for hydroxylation is 1. The summed E-state index contributed by atoms with van der Waals surface area (Å²) in [6, 6.07) is 12.3. The Balaban J connectivity index is 1.55. The maximum Gasteiger partial charge on any atom is 0.416 e. The molecule has 0 aliphatic heterocycles. The van der Waals surface area contributed by atoms with Crippen LogP contribution in [0, 0.1) is 6.92 Å². The van der Waals surface area contributed by atoms with Crippen LogP contribution in [0.5, 0.6) is 0 Å². The Morgan fingerprint density at radius 2 is 1.84 bits per heavy atom. The van der Waals surface area contributed by atoms with Crippen molar-refractivity contribution in [2.45, 2.75) is 19.6 Å². The molecule has 158 valence electrons. The first-order chi connectivity index (χ1) is 14.8. The van der Waals surface area contributed by atoms with Crippen LogP contribution < -0.4 is 11.1 Å². The van der Waals surface area contributed by atoms with Crippen LogP contribution in [0.4, 0.5) is 30.8 Å². The number of benzene rings is 2. The minimum absolute atomic E-state index is 0.000647. The number of hydrogen-bond acceptors (Lipinski definition) is 8. The molecule has 0 bridgehead atoms. The maximum atomic E-state index is 12.9. The van der Waals surface area contributed by atoms with Crippen LogP contribution in [0.1, 0.15) is 17.0 Å². The number of nitrogens with zero attached hydrogens (tertiary/aromatic N) is 7. The molecule has 0 radical (unpaired) electrons. The van der Waals surface area contributed by atoms with E-state index in [4.69, 9.17) is 5.73 Å². The molecule has 0 saturated heterocycles. The average molecular weight is 427 g/mol. The van der Waals surface area contributed by atoms with Crippen molar-refractivity contribution in [3.63, 3.8) is 0 Å². The molecule has 0 amide bonds. The number of para-hydroxylation sites is 1. The van der Waals surface area contributed by atoms with Gasteiger partial charge >= 0.3 is 6.18 Å². The molecule has 0 unspecified atom stereocenters. The number of rotatable bonds is 5. The van der Waals surface area contributed by atoms with E-state index < -0.39 is 11.7 Å². The lowest BCUT2D eigenvalue weighted by molar-refractivity contribution is -0.137. The summed E-state index contributed by atoms with van der Waals surface area (Å²) in [4.78, 5) is 13.6. The predicted molar refractivity (Wildman–Crippen MR) is 106 cm³/mol. The van der Waals surface area contributed by atoms with Gasteiger partial charge in [-0.3, -0.25) is 0 Å². The Kier molecular flexibility index (Phi) is 5.19. The Morgan fingerprint density at radius 3 is 2.61 bits per heavy atom. The summed E-state index contributed by atoms with van der Waals surface area (Å²) < 4.78 is 38.8. The summed E-state index contributed by atoms with van der Waals surface area (Å²) in [5.41, 5.74) is 6.99. The van der Waals surface area contributed by atoms with E-state index in [2.05, 4.69) is 35.7 Å². The SMILES string of the molecule is Cc1ccccc1Nc1nc(N)nc(Cn2nnc(-c3cccc(C(F)(F)F)c3)n2)n1. The van der Waals surface area contributed by atoms with Crippen LogP contribution in [0.15, 0.2) is 48.5 Å². The zero-order valence-corrected chi connectivity index (χ0v) is 16.2. The number of nitrogens with one attached hydrogen (secondary N) is 1. The van der Waals surface area contributed by atoms with Crippen LogP contribution in [-0.2, 0) is 12.7 Å². The standard InChI is InChI=1S/C19H16F3N9/c1-11-5-2-3-8-14(11)24-18-26-15(25-17(23)27-18)10-31-29-16(28-30-31)12-6-4-7-13(9-12)19(20,21)22/h2-9H,10H2,1H3,(H3,23,24,25,26,27). The quantitative estimate of drug-likeness (QED) is 0.498. The van der Waals surface area contributed by atoms with Gasteiger partial charge in [-0.1, -0.05) is 30.3 Å². The molecule has 4 rings (SSSR count). The third-order valence-corrected chi connectivity index (χ3v) is 4.27. The molecule has 2 aromatic carbocycles. The molecule has 0 saturated carbocycles. The van der Waals surface area contributed by atoms with Crippen LogP contribution in [0.2, 0.25) is 0 Å². The molecule has 2 aromatic heterocycles. The fourth-order valence-electron chi connectivity index (χ4n) is 2.79. The lowest BCUT2D eigenvalue weighted by Crippen LogP contribution is -2.12. The van der Waals surface area contributed by atoms with E-state index in [0.29, 0.717) is 0 Å². The number of anilines is 3. The van der Waals surface area contributed by atoms with Crippen LogP contribution >= 0.6 is 0 Å². The summed E-state index contributed by atoms with van der Waals surface area (Å²) in [5, 5.41) is 14.9. The highest BCUT2D eigenvalue weighted by Crippen LogP contribution is 2.31. The smallest absolute Gasteiger partial charge is 0.368 e. The maximum absolute atomic E-state index is 12.9. The molecule has 3 N–H and O–H groups in total. The van der Waals surface area contributed by atoms with E-state index in [1.165, 1.54) is 16.9 Å². The summed E-state index contributed by atoms with van der Waals surface area (Å²) >= 11 is 0. The Labute approximate surface area is 174 Å². The van der Waals surface area contributed by atoms with Gasteiger partial charge in [0.1, 0.15) is 6.54 Å². The summed E-state index contributed by atoms with van der Waals surface area (Å²) in [6.45, 7) is 1.93. The van der Waals surface area contributed by atoms with Crippen molar-refractivity contribution in [1.82, 2.24) is 35.2 Å². The lowest BCUT2D eigenvalue weighted by Gasteiger charge is -2.09. The van der Waals surface area contributed by atoms with E-state index in [1.54, 1.807) is 0 Å². The minimum Gasteiger partial charge on any atom is -0.368 e. The Hall–Kier alpha value is -4.09. The van der Waals surface area contributed by atoms with Crippen molar-refractivity contribution in [1.29, 1.82) is 0 Å². The van der Waals surface area contributed by atoms with Crippen LogP contribution in [0.3, 0.4) is 0 Å². The van der Waals surface area contributed by atoms with Gasteiger partial charge in [0.25, 0.3) is 0 Å². The van der Waals surface area contributed by atoms with E-state index in [0.717, 1.165) is 23.4 Å². The van der Waals surface area contributed by atoms with Crippen molar-refractivity contribution in [3.05, 3.63) is 65.5 Å². The second kappa shape index (κ2) is 7.97. The zero-order chi connectivity index (χ0) is 22.0. The van der Waals surface area contributed by atoms with Gasteiger partial charge in [0.2, 0.25) is 17.7 Å². The van der Waals surface area contributed by atoms with Crippen molar-refractivity contribution in [3.8, 4) is 11.4 Å². The van der Waals surface area contributed by atoms with E-state index in [9.17, 15) is 13.2 Å². The number of alkyl halides is 3. The molecular weight excluding hydrogens is 411 g/mol. The molecule has 0 aliphatic rings. The second-order valence-electron chi connectivity index (χ2n) is 6.60. The monoisotopic (exact) mass is 427 g/mol. The molecule has 0 atom stereocenters. The van der Waals surface area contributed by atoms with Gasteiger partial charge in [-0.25, -0.2) is 0 Å². The Morgan fingerprint density at radius 1 is 1.03 bits per heavy atom. The lowest BCUT2D eigenvalue weighted by atomic mass is 10.1. The van der Waals surface area contributed by atoms with Crippen LogP contribution in [0.25, 0.3) is 11.4 Å². The van der Waals surface area contributed by atoms with Crippen molar-refractivity contribution in [2.24, 2.45) is 0 Å². The minimum atomic E-state index is -4.46. The topological polar surface area (TPSA) is 120 Å². The fourth-order valence-corrected chi connectivity index (χ4v) is 2.79. The van der Waals surface area contributed by atoms with Crippen molar-refractivity contribution in [2.75, 3.05) is 11.1 Å². The molecule has 0 fully saturated rings. The van der Waals surface area contributed by atoms with Crippen LogP contribution in [-0.4, -0.2) is 35.2 Å². The molecule has 4 aromatic rings. The summed E-state index contributed by atoms with van der Waals surface area (Å²) in [5.74, 6) is 0.553. The number of tetrazole rings is 1. The van der Waals surface area contributed by atoms with Gasteiger partial charge in [-0.05, 0) is 35.9 Å². The fraction of sp³-hybridized carbons (Fsp3) is 0.158. The molecule has 2 heterocycles. The van der Waals surface area contributed by atoms with Gasteiger partial charge in [0.05, 0.1) is 5.56 Å². The molecule has 0 spiro atoms. The van der Waals surface area contributed by atoms with Crippen molar-refractivity contribution < 1.29 is 13.2 Å². The van der Waals surface area contributed by atoms with Gasteiger partial charge in [-0.15, -0.1) is 10.2 Å². The van der Waals surface area contributed by atoms with E-state index in [1.807, 2.05) is 31.2 Å². The number of aromatic nitrogens is 7. The summed E-state index contributed by atoms with van der Waals surface area (Å²) in [7, 11) is 0. The average Bonchev–Trinajstić information content (AvgIpc) is 3.17. The number of nitrogens with two attached hydrogens (primary N) is 1. The van der Waals surface area contributed by atoms with Gasteiger partial charge in [0.15, 0.2) is 5.82 Å². The molecule has 12 heteroatoms. The highest BCUT2D eigenvalue weighted by Gasteiger charge is 2.30. The first-order valence-electron chi connectivity index (χ1n) is 9.06. The first-order valence-corrected chi connectivity index (χ1v) is 9.06. The number of nitrogen functional groups attached to an aromatic ring is 1. The highest BCUT2D eigenvalue weighted by molar-refractivity contribution is 5.58. The molecule has 0 aliphatic carbocycles. The van der Waals surface area contributed by atoms with Gasteiger partial charge in [-0.2, -0.15) is 32.9 Å². The number of halogens is 3. The molecule has 9 nitrogen and oxygen atoms in total. The normalized spacial score (nSPS) is 11.5. The van der Waals surface area contributed by atoms with Crippen molar-refractivity contribution >= 4 is 17.6 Å². The highest BCUT2D eigenvalue weighted by atomic mass is 19.4. The van der Waals surface area contributed by atoms with E-state index in [-0.39, 0.29) is 35.7 Å². The number of hydrogen-bond donors (Lipinski definition) is 2. The predicted octanol–water partition coefficient (Wildman–Crippen LogP) is 3.23. The van der Waals surface area contributed by atoms with E-state index >= 15 is 0 Å². The third-order valence-electron chi connectivity index (χ3n) is 4.27. The van der Waals surface area contributed by atoms with Gasteiger partial charge < -0.3 is 11.1 Å². The Bertz CT molecular complexity index is 1220.